The first-order valence-corrected chi connectivity index (χ1v) is 9.33. The second-order valence-electron chi connectivity index (χ2n) is 4.99. The number of halogens is 1. The van der Waals surface area contributed by atoms with Crippen molar-refractivity contribution in [3.05, 3.63) is 27.8 Å². The van der Waals surface area contributed by atoms with Gasteiger partial charge in [0.25, 0.3) is 0 Å². The zero-order valence-electron chi connectivity index (χ0n) is 11.0. The van der Waals surface area contributed by atoms with Gasteiger partial charge in [-0.2, -0.15) is 0 Å². The van der Waals surface area contributed by atoms with Crippen LogP contribution in [0.1, 0.15) is 12.8 Å². The highest BCUT2D eigenvalue weighted by molar-refractivity contribution is 14.1. The lowest BCUT2D eigenvalue weighted by atomic mass is 9.99. The number of para-hydroxylation sites is 1. The van der Waals surface area contributed by atoms with Gasteiger partial charge in [0.05, 0.1) is 6.26 Å². The van der Waals surface area contributed by atoms with Crippen LogP contribution in [0.4, 0.5) is 5.69 Å². The van der Waals surface area contributed by atoms with Crippen LogP contribution in [0, 0.1) is 9.49 Å². The minimum Gasteiger partial charge on any atom is -0.384 e. The highest BCUT2D eigenvalue weighted by atomic mass is 127. The number of nitrogens with one attached hydrogen (secondary N) is 1. The van der Waals surface area contributed by atoms with Crippen LogP contribution in [-0.4, -0.2) is 38.6 Å². The molecule has 106 valence electrons. The van der Waals surface area contributed by atoms with E-state index < -0.39 is 10.0 Å². The topological polar surface area (TPSA) is 49.4 Å². The summed E-state index contributed by atoms with van der Waals surface area (Å²) in [5, 5.41) is 3.43. The number of piperidine rings is 1. The summed E-state index contributed by atoms with van der Waals surface area (Å²) >= 11 is 2.30. The summed E-state index contributed by atoms with van der Waals surface area (Å²) in [6.07, 6.45) is 3.33. The van der Waals surface area contributed by atoms with E-state index in [0.29, 0.717) is 19.0 Å². The molecule has 0 aliphatic carbocycles. The Bertz CT molecular complexity index is 533. The molecular weight excluding hydrogens is 375 g/mol. The molecule has 19 heavy (non-hydrogen) atoms. The maximum atomic E-state index is 11.6. The van der Waals surface area contributed by atoms with E-state index in [-0.39, 0.29) is 0 Å². The van der Waals surface area contributed by atoms with Crippen molar-refractivity contribution < 1.29 is 8.42 Å². The fourth-order valence-electron chi connectivity index (χ4n) is 2.35. The van der Waals surface area contributed by atoms with Crippen LogP contribution >= 0.6 is 22.6 Å². The molecule has 0 spiro atoms. The zero-order valence-corrected chi connectivity index (χ0v) is 13.9. The third kappa shape index (κ3) is 4.32. The van der Waals surface area contributed by atoms with E-state index in [4.69, 9.17) is 0 Å². The fraction of sp³-hybridized carbons (Fsp3) is 0.538. The van der Waals surface area contributed by atoms with E-state index in [1.165, 1.54) is 9.83 Å². The van der Waals surface area contributed by atoms with Crippen molar-refractivity contribution in [3.63, 3.8) is 0 Å². The minimum absolute atomic E-state index is 0.388. The first kappa shape index (κ1) is 15.1. The number of hydrogen-bond donors (Lipinski definition) is 1. The quantitative estimate of drug-likeness (QED) is 0.798. The normalized spacial score (nSPS) is 21.3. The van der Waals surface area contributed by atoms with Crippen LogP contribution in [-0.2, 0) is 10.0 Å². The van der Waals surface area contributed by atoms with Gasteiger partial charge in [-0.25, -0.2) is 12.7 Å². The van der Waals surface area contributed by atoms with Crippen LogP contribution in [0.3, 0.4) is 0 Å². The number of anilines is 1. The molecule has 1 atom stereocenters. The highest BCUT2D eigenvalue weighted by Crippen LogP contribution is 2.21. The molecule has 1 fully saturated rings. The Hall–Kier alpha value is -0.340. The Labute approximate surface area is 128 Å². The molecule has 6 heteroatoms. The predicted molar refractivity (Wildman–Crippen MR) is 86.8 cm³/mol. The molecule has 2 rings (SSSR count). The fourth-order valence-corrected chi connectivity index (χ4v) is 3.87. The lowest BCUT2D eigenvalue weighted by Crippen LogP contribution is -2.41. The molecule has 0 amide bonds. The van der Waals surface area contributed by atoms with Gasteiger partial charge in [-0.05, 0) is 53.5 Å². The molecule has 1 heterocycles. The maximum absolute atomic E-state index is 11.6. The summed E-state index contributed by atoms with van der Waals surface area (Å²) < 4.78 is 25.9. The van der Waals surface area contributed by atoms with Gasteiger partial charge in [-0.3, -0.25) is 0 Å². The predicted octanol–water partition coefficient (Wildman–Crippen LogP) is 2.37. The van der Waals surface area contributed by atoms with E-state index >= 15 is 0 Å². The molecule has 0 radical (unpaired) electrons. The standard InChI is InChI=1S/C13H19IN2O2S/c1-19(17,18)16-8-4-5-11(10-16)9-15-13-7-3-2-6-12(13)14/h2-3,6-7,11,15H,4-5,8-10H2,1H3. The van der Waals surface area contributed by atoms with Gasteiger partial charge in [0.1, 0.15) is 0 Å². The maximum Gasteiger partial charge on any atom is 0.211 e. The first-order valence-electron chi connectivity index (χ1n) is 6.40. The molecule has 1 saturated heterocycles. The van der Waals surface area contributed by atoms with Crippen LogP contribution in [0.5, 0.6) is 0 Å². The van der Waals surface area contributed by atoms with Gasteiger partial charge >= 0.3 is 0 Å². The van der Waals surface area contributed by atoms with Crippen LogP contribution < -0.4 is 5.32 Å². The average Bonchev–Trinajstić information content (AvgIpc) is 2.37. The van der Waals surface area contributed by atoms with Gasteiger partial charge in [0.15, 0.2) is 0 Å². The average molecular weight is 394 g/mol. The summed E-state index contributed by atoms with van der Waals surface area (Å²) in [7, 11) is -3.05. The first-order chi connectivity index (χ1) is 8.97. The monoisotopic (exact) mass is 394 g/mol. The molecule has 1 N–H and O–H groups in total. The summed E-state index contributed by atoms with van der Waals surface area (Å²) in [4.78, 5) is 0. The third-order valence-electron chi connectivity index (χ3n) is 3.41. The second kappa shape index (κ2) is 6.41. The van der Waals surface area contributed by atoms with Crippen molar-refractivity contribution in [2.75, 3.05) is 31.2 Å². The van der Waals surface area contributed by atoms with Crippen LogP contribution in [0.2, 0.25) is 0 Å². The van der Waals surface area contributed by atoms with Gasteiger partial charge in [-0.15, -0.1) is 0 Å². The van der Waals surface area contributed by atoms with Gasteiger partial charge in [0.2, 0.25) is 10.0 Å². The lowest BCUT2D eigenvalue weighted by molar-refractivity contribution is 0.277. The van der Waals surface area contributed by atoms with Crippen molar-refractivity contribution in [3.8, 4) is 0 Å². The van der Waals surface area contributed by atoms with Gasteiger partial charge in [-0.1, -0.05) is 12.1 Å². The van der Waals surface area contributed by atoms with Crippen LogP contribution in [0.15, 0.2) is 24.3 Å². The molecule has 4 nitrogen and oxygen atoms in total. The Morgan fingerprint density at radius 3 is 2.84 bits per heavy atom. The Morgan fingerprint density at radius 1 is 1.42 bits per heavy atom. The Balaban J connectivity index is 1.92. The number of benzene rings is 1. The lowest BCUT2D eigenvalue weighted by Gasteiger charge is -2.31. The Kier molecular flexibility index (Phi) is 5.08. The number of sulfonamides is 1. The second-order valence-corrected chi connectivity index (χ2v) is 8.13. The molecule has 0 saturated carbocycles. The largest absolute Gasteiger partial charge is 0.384 e. The van der Waals surface area contributed by atoms with E-state index in [1.807, 2.05) is 12.1 Å². The summed E-state index contributed by atoms with van der Waals surface area (Å²) in [6, 6.07) is 8.14. The highest BCUT2D eigenvalue weighted by Gasteiger charge is 2.25. The molecule has 0 aromatic heterocycles. The summed E-state index contributed by atoms with van der Waals surface area (Å²) in [5.41, 5.74) is 1.12. The van der Waals surface area contributed by atoms with Crippen molar-refractivity contribution in [2.24, 2.45) is 5.92 Å². The van der Waals surface area contributed by atoms with Gasteiger partial charge < -0.3 is 5.32 Å². The SMILES string of the molecule is CS(=O)(=O)N1CCCC(CNc2ccccc2I)C1. The molecule has 1 aliphatic heterocycles. The molecule has 1 unspecified atom stereocenters. The van der Waals surface area contributed by atoms with E-state index in [2.05, 4.69) is 40.0 Å². The van der Waals surface area contributed by atoms with Crippen molar-refractivity contribution >= 4 is 38.3 Å². The van der Waals surface area contributed by atoms with E-state index in [1.54, 1.807) is 4.31 Å². The minimum atomic E-state index is -3.05. The third-order valence-corrected chi connectivity index (χ3v) is 5.62. The van der Waals surface area contributed by atoms with Crippen molar-refractivity contribution in [1.29, 1.82) is 0 Å². The molecule has 1 aromatic rings. The molecule has 1 aliphatic rings. The summed E-state index contributed by atoms with van der Waals surface area (Å²) in [6.45, 7) is 2.12. The summed E-state index contributed by atoms with van der Waals surface area (Å²) in [5.74, 6) is 0.388. The number of nitrogens with zero attached hydrogens (tertiary/aromatic N) is 1. The molecule has 1 aromatic carbocycles. The smallest absolute Gasteiger partial charge is 0.211 e. The van der Waals surface area contributed by atoms with Crippen molar-refractivity contribution in [2.45, 2.75) is 12.8 Å². The molecule has 0 bridgehead atoms. The number of hydrogen-bond acceptors (Lipinski definition) is 3. The zero-order chi connectivity index (χ0) is 13.9. The van der Waals surface area contributed by atoms with E-state index in [9.17, 15) is 8.42 Å². The van der Waals surface area contributed by atoms with E-state index in [0.717, 1.165) is 25.1 Å². The Morgan fingerprint density at radius 2 is 2.16 bits per heavy atom. The van der Waals surface area contributed by atoms with Crippen molar-refractivity contribution in [1.82, 2.24) is 4.31 Å². The van der Waals surface area contributed by atoms with Crippen LogP contribution in [0.25, 0.3) is 0 Å². The number of rotatable bonds is 4. The van der Waals surface area contributed by atoms with Gasteiger partial charge in [0, 0.05) is 28.9 Å². The molecular formula is C13H19IN2O2S.